The zero-order chi connectivity index (χ0) is 18.7. The van der Waals surface area contributed by atoms with E-state index in [1.54, 1.807) is 18.2 Å². The van der Waals surface area contributed by atoms with Crippen LogP contribution in [0.2, 0.25) is 10.0 Å². The SMILES string of the molecule is Cc1ccc(-c2nnc(SCC(=O)Nc3cc(Cl)ccc3Cl)o2)cc1C. The maximum absolute atomic E-state index is 12.1. The first kappa shape index (κ1) is 18.8. The average molecular weight is 408 g/mol. The number of rotatable bonds is 5. The number of carbonyl (C=O) groups excluding carboxylic acids is 1. The average Bonchev–Trinajstić information content (AvgIpc) is 3.08. The van der Waals surface area contributed by atoms with Gasteiger partial charge in [0.05, 0.1) is 16.5 Å². The summed E-state index contributed by atoms with van der Waals surface area (Å²) in [6.45, 7) is 4.06. The van der Waals surface area contributed by atoms with Gasteiger partial charge in [-0.2, -0.15) is 0 Å². The molecule has 0 bridgehead atoms. The van der Waals surface area contributed by atoms with E-state index in [1.165, 1.54) is 5.56 Å². The van der Waals surface area contributed by atoms with Gasteiger partial charge in [0.25, 0.3) is 5.22 Å². The van der Waals surface area contributed by atoms with Crippen LogP contribution in [0.25, 0.3) is 11.5 Å². The second kappa shape index (κ2) is 8.12. The maximum atomic E-state index is 12.1. The minimum atomic E-state index is -0.245. The minimum absolute atomic E-state index is 0.109. The number of anilines is 1. The molecule has 2 aromatic carbocycles. The summed E-state index contributed by atoms with van der Waals surface area (Å²) in [6, 6.07) is 10.8. The van der Waals surface area contributed by atoms with Crippen LogP contribution in [0.5, 0.6) is 0 Å². The third-order valence-corrected chi connectivity index (χ3v) is 5.07. The van der Waals surface area contributed by atoms with Gasteiger partial charge < -0.3 is 9.73 Å². The molecule has 0 aliphatic carbocycles. The van der Waals surface area contributed by atoms with E-state index >= 15 is 0 Å². The van der Waals surface area contributed by atoms with Crippen molar-refractivity contribution in [3.05, 3.63) is 57.6 Å². The predicted octanol–water partition coefficient (Wildman–Crippen LogP) is 5.39. The Balaban J connectivity index is 1.61. The van der Waals surface area contributed by atoms with Crippen molar-refractivity contribution < 1.29 is 9.21 Å². The number of nitrogens with one attached hydrogen (secondary N) is 1. The van der Waals surface area contributed by atoms with Crippen molar-refractivity contribution in [3.63, 3.8) is 0 Å². The van der Waals surface area contributed by atoms with Gasteiger partial charge in [-0.3, -0.25) is 4.79 Å². The third-order valence-electron chi connectivity index (χ3n) is 3.69. The number of thioether (sulfide) groups is 1. The summed E-state index contributed by atoms with van der Waals surface area (Å²) in [5, 5.41) is 12.0. The molecular weight excluding hydrogens is 393 g/mol. The van der Waals surface area contributed by atoms with Gasteiger partial charge >= 0.3 is 0 Å². The van der Waals surface area contributed by atoms with Gasteiger partial charge in [0.1, 0.15) is 0 Å². The van der Waals surface area contributed by atoms with E-state index in [1.807, 2.05) is 32.0 Å². The summed E-state index contributed by atoms with van der Waals surface area (Å²) < 4.78 is 5.62. The number of amides is 1. The highest BCUT2D eigenvalue weighted by Gasteiger charge is 2.13. The normalized spacial score (nSPS) is 10.8. The fourth-order valence-corrected chi connectivity index (χ4v) is 3.07. The fraction of sp³-hybridized carbons (Fsp3) is 0.167. The van der Waals surface area contributed by atoms with Crippen LogP contribution < -0.4 is 5.32 Å². The zero-order valence-electron chi connectivity index (χ0n) is 14.0. The minimum Gasteiger partial charge on any atom is -0.411 e. The quantitative estimate of drug-likeness (QED) is 0.574. The van der Waals surface area contributed by atoms with Crippen molar-refractivity contribution in [3.8, 4) is 11.5 Å². The molecule has 0 aliphatic heterocycles. The second-order valence-corrected chi connectivity index (χ2v) is 7.40. The topological polar surface area (TPSA) is 68.0 Å². The lowest BCUT2D eigenvalue weighted by atomic mass is 10.1. The van der Waals surface area contributed by atoms with E-state index in [9.17, 15) is 4.79 Å². The molecule has 0 saturated carbocycles. The van der Waals surface area contributed by atoms with E-state index < -0.39 is 0 Å². The maximum Gasteiger partial charge on any atom is 0.277 e. The molecule has 0 aliphatic rings. The summed E-state index contributed by atoms with van der Waals surface area (Å²) >= 11 is 13.1. The van der Waals surface area contributed by atoms with Crippen molar-refractivity contribution in [2.24, 2.45) is 0 Å². The van der Waals surface area contributed by atoms with Crippen molar-refractivity contribution >= 4 is 46.6 Å². The highest BCUT2D eigenvalue weighted by atomic mass is 35.5. The Kier molecular flexibility index (Phi) is 5.86. The molecule has 1 aromatic heterocycles. The Morgan fingerprint density at radius 3 is 2.69 bits per heavy atom. The van der Waals surface area contributed by atoms with Gasteiger partial charge in [-0.15, -0.1) is 10.2 Å². The number of aromatic nitrogens is 2. The number of carbonyl (C=O) groups is 1. The highest BCUT2D eigenvalue weighted by Crippen LogP contribution is 2.27. The molecule has 0 spiro atoms. The van der Waals surface area contributed by atoms with Crippen molar-refractivity contribution in [1.29, 1.82) is 0 Å². The first-order valence-electron chi connectivity index (χ1n) is 7.71. The van der Waals surface area contributed by atoms with Crippen LogP contribution >= 0.6 is 35.0 Å². The first-order valence-corrected chi connectivity index (χ1v) is 9.45. The Hall–Kier alpha value is -2.02. The molecule has 0 unspecified atom stereocenters. The molecule has 0 saturated heterocycles. The molecule has 0 atom stereocenters. The molecule has 3 rings (SSSR count). The summed E-state index contributed by atoms with van der Waals surface area (Å²) in [6.07, 6.45) is 0. The van der Waals surface area contributed by atoms with Crippen molar-refractivity contribution in [2.75, 3.05) is 11.1 Å². The van der Waals surface area contributed by atoms with Gasteiger partial charge in [0.2, 0.25) is 11.8 Å². The molecular formula is C18H15Cl2N3O2S. The third kappa shape index (κ3) is 4.58. The van der Waals surface area contributed by atoms with Gasteiger partial charge in [-0.05, 0) is 55.3 Å². The summed E-state index contributed by atoms with van der Waals surface area (Å²) in [5.74, 6) is 0.288. The molecule has 0 radical (unpaired) electrons. The zero-order valence-corrected chi connectivity index (χ0v) is 16.4. The second-order valence-electron chi connectivity index (χ2n) is 5.63. The standard InChI is InChI=1S/C18H15Cl2N3O2S/c1-10-3-4-12(7-11(10)2)17-22-23-18(25-17)26-9-16(24)21-15-8-13(19)5-6-14(15)20/h3-8H,9H2,1-2H3,(H,21,24). The summed E-state index contributed by atoms with van der Waals surface area (Å²) in [5.41, 5.74) is 3.65. The number of hydrogen-bond donors (Lipinski definition) is 1. The molecule has 1 amide bonds. The molecule has 1 N–H and O–H groups in total. The first-order chi connectivity index (χ1) is 12.4. The van der Waals surface area contributed by atoms with Crippen LogP contribution in [-0.4, -0.2) is 21.9 Å². The molecule has 1 heterocycles. The van der Waals surface area contributed by atoms with E-state index in [-0.39, 0.29) is 11.7 Å². The number of hydrogen-bond acceptors (Lipinski definition) is 5. The van der Waals surface area contributed by atoms with Crippen LogP contribution in [0.4, 0.5) is 5.69 Å². The van der Waals surface area contributed by atoms with Gasteiger partial charge in [0.15, 0.2) is 0 Å². The lowest BCUT2D eigenvalue weighted by Gasteiger charge is -2.06. The Bertz CT molecular complexity index is 959. The van der Waals surface area contributed by atoms with Gasteiger partial charge in [-0.25, -0.2) is 0 Å². The molecule has 26 heavy (non-hydrogen) atoms. The van der Waals surface area contributed by atoms with Crippen molar-refractivity contribution in [1.82, 2.24) is 10.2 Å². The molecule has 5 nitrogen and oxygen atoms in total. The van der Waals surface area contributed by atoms with E-state index in [0.717, 1.165) is 22.9 Å². The monoisotopic (exact) mass is 407 g/mol. The van der Waals surface area contributed by atoms with Crippen LogP contribution in [0, 0.1) is 13.8 Å². The number of aryl methyl sites for hydroxylation is 2. The largest absolute Gasteiger partial charge is 0.411 e. The van der Waals surface area contributed by atoms with Crippen LogP contribution in [0.3, 0.4) is 0 Å². The van der Waals surface area contributed by atoms with E-state index in [0.29, 0.717) is 26.8 Å². The highest BCUT2D eigenvalue weighted by molar-refractivity contribution is 7.99. The van der Waals surface area contributed by atoms with Gasteiger partial charge in [0, 0.05) is 10.6 Å². The molecule has 8 heteroatoms. The van der Waals surface area contributed by atoms with Gasteiger partial charge in [-0.1, -0.05) is 41.0 Å². The smallest absolute Gasteiger partial charge is 0.277 e. The summed E-state index contributed by atoms with van der Waals surface area (Å²) in [7, 11) is 0. The van der Waals surface area contributed by atoms with Crippen LogP contribution in [0.15, 0.2) is 46.0 Å². The number of benzene rings is 2. The Morgan fingerprint density at radius 2 is 1.92 bits per heavy atom. The Morgan fingerprint density at radius 1 is 1.12 bits per heavy atom. The van der Waals surface area contributed by atoms with Crippen LogP contribution in [0.1, 0.15) is 11.1 Å². The van der Waals surface area contributed by atoms with E-state index in [4.69, 9.17) is 27.6 Å². The number of halogens is 2. The van der Waals surface area contributed by atoms with Crippen molar-refractivity contribution in [2.45, 2.75) is 19.1 Å². The fourth-order valence-electron chi connectivity index (χ4n) is 2.17. The van der Waals surface area contributed by atoms with Crippen LogP contribution in [-0.2, 0) is 4.79 Å². The molecule has 3 aromatic rings. The lowest BCUT2D eigenvalue weighted by Crippen LogP contribution is -2.14. The lowest BCUT2D eigenvalue weighted by molar-refractivity contribution is -0.113. The molecule has 0 fully saturated rings. The predicted molar refractivity (Wildman–Crippen MR) is 105 cm³/mol. The molecule has 134 valence electrons. The van der Waals surface area contributed by atoms with E-state index in [2.05, 4.69) is 15.5 Å². The summed E-state index contributed by atoms with van der Waals surface area (Å²) in [4.78, 5) is 12.1. The number of nitrogens with zero attached hydrogens (tertiary/aromatic N) is 2. The Labute approximate surface area is 165 Å².